The minimum atomic E-state index is -0.240. The highest BCUT2D eigenvalue weighted by atomic mass is 16.5. The number of aryl methyl sites for hydroxylation is 1. The molecule has 0 spiro atoms. The topological polar surface area (TPSA) is 93.3 Å². The summed E-state index contributed by atoms with van der Waals surface area (Å²) in [6, 6.07) is 1.93. The SMILES string of the molecule is Cc1oncc1C(=O)NCc1cc2n(n1)CCN(C(=O)C(C)C)C2. The first-order chi connectivity index (χ1) is 11.5. The third kappa shape index (κ3) is 3.17. The highest BCUT2D eigenvalue weighted by molar-refractivity contribution is 5.94. The monoisotopic (exact) mass is 331 g/mol. The summed E-state index contributed by atoms with van der Waals surface area (Å²) in [6.07, 6.45) is 1.40. The number of fused-ring (bicyclic) bond motifs is 1. The van der Waals surface area contributed by atoms with Crippen LogP contribution in [0.15, 0.2) is 16.8 Å². The lowest BCUT2D eigenvalue weighted by Gasteiger charge is -2.29. The molecule has 24 heavy (non-hydrogen) atoms. The molecule has 1 aliphatic rings. The number of carbonyl (C=O) groups excluding carboxylic acids is 2. The van der Waals surface area contributed by atoms with E-state index in [2.05, 4.69) is 15.6 Å². The summed E-state index contributed by atoms with van der Waals surface area (Å²) in [4.78, 5) is 26.0. The number of aromatic nitrogens is 3. The summed E-state index contributed by atoms with van der Waals surface area (Å²) in [7, 11) is 0. The normalized spacial score (nSPS) is 13.9. The van der Waals surface area contributed by atoms with Gasteiger partial charge in [-0.15, -0.1) is 0 Å². The lowest BCUT2D eigenvalue weighted by molar-refractivity contribution is -0.136. The van der Waals surface area contributed by atoms with Crippen LogP contribution in [0.2, 0.25) is 0 Å². The quantitative estimate of drug-likeness (QED) is 0.906. The van der Waals surface area contributed by atoms with Crippen LogP contribution in [0, 0.1) is 12.8 Å². The van der Waals surface area contributed by atoms with E-state index in [1.54, 1.807) is 6.92 Å². The maximum atomic E-state index is 12.1. The van der Waals surface area contributed by atoms with E-state index in [0.29, 0.717) is 37.5 Å². The second-order valence-corrected chi connectivity index (χ2v) is 6.24. The number of nitrogens with zero attached hydrogens (tertiary/aromatic N) is 4. The Morgan fingerprint density at radius 1 is 1.38 bits per heavy atom. The second-order valence-electron chi connectivity index (χ2n) is 6.24. The molecule has 8 heteroatoms. The number of hydrogen-bond acceptors (Lipinski definition) is 5. The Labute approximate surface area is 139 Å². The molecule has 8 nitrogen and oxygen atoms in total. The zero-order valence-electron chi connectivity index (χ0n) is 14.1. The van der Waals surface area contributed by atoms with Gasteiger partial charge >= 0.3 is 0 Å². The molecule has 0 radical (unpaired) electrons. The number of nitrogens with one attached hydrogen (secondary N) is 1. The van der Waals surface area contributed by atoms with E-state index in [-0.39, 0.29) is 17.7 Å². The van der Waals surface area contributed by atoms with Crippen molar-refractivity contribution in [2.24, 2.45) is 5.92 Å². The minimum Gasteiger partial charge on any atom is -0.361 e. The van der Waals surface area contributed by atoms with E-state index in [0.717, 1.165) is 11.4 Å². The minimum absolute atomic E-state index is 0.00922. The zero-order valence-corrected chi connectivity index (χ0v) is 14.1. The van der Waals surface area contributed by atoms with Gasteiger partial charge in [-0.1, -0.05) is 19.0 Å². The molecule has 2 aromatic heterocycles. The summed E-state index contributed by atoms with van der Waals surface area (Å²) in [5, 5.41) is 10.9. The predicted molar refractivity (Wildman–Crippen MR) is 84.9 cm³/mol. The summed E-state index contributed by atoms with van der Waals surface area (Å²) in [5.74, 6) is 0.390. The van der Waals surface area contributed by atoms with Gasteiger partial charge in [0.05, 0.1) is 37.2 Å². The molecule has 0 bridgehead atoms. The summed E-state index contributed by atoms with van der Waals surface area (Å²) < 4.78 is 6.79. The summed E-state index contributed by atoms with van der Waals surface area (Å²) in [5.41, 5.74) is 2.18. The lowest BCUT2D eigenvalue weighted by atomic mass is 10.1. The number of hydrogen-bond donors (Lipinski definition) is 1. The Morgan fingerprint density at radius 3 is 2.83 bits per heavy atom. The van der Waals surface area contributed by atoms with E-state index >= 15 is 0 Å². The highest BCUT2D eigenvalue weighted by Gasteiger charge is 2.24. The molecule has 0 saturated heterocycles. The first-order valence-corrected chi connectivity index (χ1v) is 7.99. The van der Waals surface area contributed by atoms with Crippen molar-refractivity contribution in [1.29, 1.82) is 0 Å². The molecule has 1 aliphatic heterocycles. The molecule has 2 amide bonds. The molecule has 3 rings (SSSR count). The van der Waals surface area contributed by atoms with Crippen molar-refractivity contribution in [1.82, 2.24) is 25.2 Å². The molecule has 0 atom stereocenters. The van der Waals surface area contributed by atoms with Crippen LogP contribution in [0.4, 0.5) is 0 Å². The summed E-state index contributed by atoms with van der Waals surface area (Å²) >= 11 is 0. The number of carbonyl (C=O) groups is 2. The molecule has 0 unspecified atom stereocenters. The van der Waals surface area contributed by atoms with Gasteiger partial charge in [0, 0.05) is 12.5 Å². The Kier molecular flexibility index (Phi) is 4.37. The van der Waals surface area contributed by atoms with Crippen molar-refractivity contribution >= 4 is 11.8 Å². The number of rotatable bonds is 4. The standard InChI is InChI=1S/C16H21N5O3/c1-10(2)16(23)20-4-5-21-13(9-20)6-12(19-21)7-17-15(22)14-8-18-24-11(14)3/h6,8,10H,4-5,7,9H2,1-3H3,(H,17,22). The number of amides is 2. The Hall–Kier alpha value is -2.64. The third-order valence-electron chi connectivity index (χ3n) is 4.08. The molecule has 3 heterocycles. The van der Waals surface area contributed by atoms with Crippen molar-refractivity contribution in [3.05, 3.63) is 35.0 Å². The van der Waals surface area contributed by atoms with E-state index < -0.39 is 0 Å². The van der Waals surface area contributed by atoms with Gasteiger partial charge in [-0.25, -0.2) is 0 Å². The van der Waals surface area contributed by atoms with Crippen LogP contribution in [-0.2, 0) is 24.4 Å². The van der Waals surface area contributed by atoms with E-state index in [9.17, 15) is 9.59 Å². The van der Waals surface area contributed by atoms with E-state index in [1.165, 1.54) is 6.20 Å². The first kappa shape index (κ1) is 16.2. The largest absolute Gasteiger partial charge is 0.361 e. The second kappa shape index (κ2) is 6.46. The molecule has 0 aliphatic carbocycles. The van der Waals surface area contributed by atoms with Crippen molar-refractivity contribution in [2.75, 3.05) is 6.54 Å². The van der Waals surface area contributed by atoms with Crippen LogP contribution in [0.3, 0.4) is 0 Å². The first-order valence-electron chi connectivity index (χ1n) is 7.99. The molecule has 1 N–H and O–H groups in total. The molecule has 0 fully saturated rings. The molecular formula is C16H21N5O3. The average molecular weight is 331 g/mol. The van der Waals surface area contributed by atoms with Crippen molar-refractivity contribution in [2.45, 2.75) is 40.4 Å². The molecule has 0 aromatic carbocycles. The fourth-order valence-corrected chi connectivity index (χ4v) is 2.75. The fourth-order valence-electron chi connectivity index (χ4n) is 2.75. The van der Waals surface area contributed by atoms with Gasteiger partial charge in [-0.2, -0.15) is 5.10 Å². The van der Waals surface area contributed by atoms with Gasteiger partial charge in [0.25, 0.3) is 5.91 Å². The lowest BCUT2D eigenvalue weighted by Crippen LogP contribution is -2.40. The van der Waals surface area contributed by atoms with Gasteiger partial charge in [-0.3, -0.25) is 14.3 Å². The van der Waals surface area contributed by atoms with Crippen molar-refractivity contribution in [3.8, 4) is 0 Å². The average Bonchev–Trinajstić information content (AvgIpc) is 3.16. The molecular weight excluding hydrogens is 310 g/mol. The molecule has 128 valence electrons. The Balaban J connectivity index is 1.63. The van der Waals surface area contributed by atoms with Crippen molar-refractivity contribution in [3.63, 3.8) is 0 Å². The Morgan fingerprint density at radius 2 is 2.17 bits per heavy atom. The van der Waals surface area contributed by atoms with Gasteiger partial charge in [-0.05, 0) is 13.0 Å². The predicted octanol–water partition coefficient (Wildman–Crippen LogP) is 1.11. The van der Waals surface area contributed by atoms with Crippen LogP contribution in [-0.4, -0.2) is 38.2 Å². The van der Waals surface area contributed by atoms with Crippen LogP contribution in [0.1, 0.15) is 41.4 Å². The van der Waals surface area contributed by atoms with Gasteiger partial charge < -0.3 is 14.7 Å². The fraction of sp³-hybridized carbons (Fsp3) is 0.500. The Bertz CT molecular complexity index is 762. The molecule has 2 aromatic rings. The van der Waals surface area contributed by atoms with Crippen LogP contribution in [0.5, 0.6) is 0 Å². The highest BCUT2D eigenvalue weighted by Crippen LogP contribution is 2.16. The summed E-state index contributed by atoms with van der Waals surface area (Å²) in [6.45, 7) is 7.72. The molecule has 0 saturated carbocycles. The maximum absolute atomic E-state index is 12.1. The zero-order chi connectivity index (χ0) is 17.3. The van der Waals surface area contributed by atoms with E-state index in [4.69, 9.17) is 4.52 Å². The third-order valence-corrected chi connectivity index (χ3v) is 4.08. The smallest absolute Gasteiger partial charge is 0.256 e. The van der Waals surface area contributed by atoms with Crippen LogP contribution in [0.25, 0.3) is 0 Å². The van der Waals surface area contributed by atoms with Crippen molar-refractivity contribution < 1.29 is 14.1 Å². The van der Waals surface area contributed by atoms with Gasteiger partial charge in [0.2, 0.25) is 5.91 Å². The maximum Gasteiger partial charge on any atom is 0.256 e. The van der Waals surface area contributed by atoms with E-state index in [1.807, 2.05) is 29.5 Å². The van der Waals surface area contributed by atoms with Crippen LogP contribution < -0.4 is 5.32 Å². The van der Waals surface area contributed by atoms with Crippen LogP contribution >= 0.6 is 0 Å². The van der Waals surface area contributed by atoms with Gasteiger partial charge in [0.1, 0.15) is 11.3 Å². The van der Waals surface area contributed by atoms with Gasteiger partial charge in [0.15, 0.2) is 0 Å².